The smallest absolute Gasteiger partial charge is 0.250 e. The maximum absolute atomic E-state index is 12.4. The molecule has 0 radical (unpaired) electrons. The second kappa shape index (κ2) is 10.9. The van der Waals surface area contributed by atoms with Crippen molar-refractivity contribution < 1.29 is 13.9 Å². The Morgan fingerprint density at radius 1 is 1.03 bits per heavy atom. The number of carbonyl (C=O) groups is 1. The molecule has 0 aliphatic heterocycles. The number of hydrogen-bond acceptors (Lipinski definition) is 6. The van der Waals surface area contributed by atoms with E-state index in [1.807, 2.05) is 61.5 Å². The summed E-state index contributed by atoms with van der Waals surface area (Å²) in [4.78, 5) is 14.0. The van der Waals surface area contributed by atoms with Crippen molar-refractivity contribution in [2.24, 2.45) is 0 Å². The van der Waals surface area contributed by atoms with Crippen molar-refractivity contribution in [2.45, 2.75) is 6.92 Å². The minimum absolute atomic E-state index is 0.158. The first-order valence-corrected chi connectivity index (χ1v) is 12.3. The number of hydrogen-bond donors (Lipinski definition) is 2. The van der Waals surface area contributed by atoms with Gasteiger partial charge in [-0.1, -0.05) is 11.6 Å². The Hall–Kier alpha value is -4.47. The zero-order valence-electron chi connectivity index (χ0n) is 20.4. The topological polar surface area (TPSA) is 94.2 Å². The van der Waals surface area contributed by atoms with E-state index in [4.69, 9.17) is 33.0 Å². The van der Waals surface area contributed by atoms with E-state index in [2.05, 4.69) is 20.8 Å². The number of methoxy groups -OCH3 is 1. The molecule has 0 saturated carbocycles. The monoisotopic (exact) mass is 543 g/mol. The number of amides is 1. The van der Waals surface area contributed by atoms with Crippen LogP contribution in [-0.2, 0) is 4.79 Å². The number of carbonyl (C=O) groups excluding carboxylic acids is 1. The fraction of sp³-hybridized carbons (Fsp3) is 0.0714. The van der Waals surface area contributed by atoms with Gasteiger partial charge in [0, 0.05) is 22.3 Å². The highest BCUT2D eigenvalue weighted by molar-refractivity contribution is 7.80. The summed E-state index contributed by atoms with van der Waals surface area (Å²) in [6.07, 6.45) is 2.93. The highest BCUT2D eigenvalue weighted by Gasteiger charge is 2.11. The molecular weight excluding hydrogens is 522 g/mol. The van der Waals surface area contributed by atoms with E-state index in [0.717, 1.165) is 28.1 Å². The standard InChI is InChI=1S/C28H22ClN5O3S/c1-17-15-24-25(33-34(32-24)20-7-9-21(36-2)10-8-20)16-23(17)30-28(38)31-27(35)14-12-22-11-13-26(37-22)18-3-5-19(29)6-4-18/h3-16H,1-2H3,(H2,30,31,35,38). The average molecular weight is 544 g/mol. The van der Waals surface area contributed by atoms with Crippen LogP contribution in [0, 0.1) is 6.92 Å². The number of aromatic nitrogens is 3. The summed E-state index contributed by atoms with van der Waals surface area (Å²) in [7, 11) is 1.62. The molecule has 8 nitrogen and oxygen atoms in total. The molecule has 0 spiro atoms. The normalized spacial score (nSPS) is 11.1. The van der Waals surface area contributed by atoms with Gasteiger partial charge in [0.2, 0.25) is 5.91 Å². The van der Waals surface area contributed by atoms with Crippen molar-refractivity contribution in [2.75, 3.05) is 12.4 Å². The van der Waals surface area contributed by atoms with Gasteiger partial charge in [-0.15, -0.1) is 10.2 Å². The zero-order chi connectivity index (χ0) is 26.6. The van der Waals surface area contributed by atoms with Gasteiger partial charge in [0.05, 0.1) is 12.8 Å². The quantitative estimate of drug-likeness (QED) is 0.195. The van der Waals surface area contributed by atoms with Gasteiger partial charge in [0.15, 0.2) is 5.11 Å². The van der Waals surface area contributed by atoms with Gasteiger partial charge in [-0.25, -0.2) is 0 Å². The fourth-order valence-corrected chi connectivity index (χ4v) is 4.05. The number of nitrogens with one attached hydrogen (secondary N) is 2. The lowest BCUT2D eigenvalue weighted by atomic mass is 10.2. The molecule has 10 heteroatoms. The van der Waals surface area contributed by atoms with E-state index in [1.54, 1.807) is 36.2 Å². The van der Waals surface area contributed by atoms with Crippen LogP contribution in [0.2, 0.25) is 5.02 Å². The van der Waals surface area contributed by atoms with Crippen molar-refractivity contribution in [1.82, 2.24) is 20.3 Å². The van der Waals surface area contributed by atoms with Gasteiger partial charge in [-0.2, -0.15) is 4.80 Å². The Kier molecular flexibility index (Phi) is 7.21. The van der Waals surface area contributed by atoms with Gasteiger partial charge in [-0.3, -0.25) is 10.1 Å². The largest absolute Gasteiger partial charge is 0.497 e. The maximum Gasteiger partial charge on any atom is 0.250 e. The molecule has 2 heterocycles. The molecule has 0 saturated heterocycles. The number of ether oxygens (including phenoxy) is 1. The third kappa shape index (κ3) is 5.74. The van der Waals surface area contributed by atoms with E-state index in [0.29, 0.717) is 27.7 Å². The molecule has 5 aromatic rings. The fourth-order valence-electron chi connectivity index (χ4n) is 3.71. The van der Waals surface area contributed by atoms with E-state index in [1.165, 1.54) is 6.08 Å². The van der Waals surface area contributed by atoms with Gasteiger partial charge in [0.25, 0.3) is 0 Å². The maximum atomic E-state index is 12.4. The van der Waals surface area contributed by atoms with Crippen LogP contribution in [0.1, 0.15) is 11.3 Å². The minimum atomic E-state index is -0.392. The van der Waals surface area contributed by atoms with Crippen LogP contribution < -0.4 is 15.4 Å². The molecule has 0 atom stereocenters. The molecule has 0 aliphatic carbocycles. The van der Waals surface area contributed by atoms with Crippen LogP contribution in [0.3, 0.4) is 0 Å². The highest BCUT2D eigenvalue weighted by atomic mass is 35.5. The Bertz CT molecular complexity index is 1660. The lowest BCUT2D eigenvalue weighted by Gasteiger charge is -2.10. The van der Waals surface area contributed by atoms with Crippen LogP contribution in [0.25, 0.3) is 34.1 Å². The molecule has 190 valence electrons. The number of anilines is 1. The van der Waals surface area contributed by atoms with Crippen molar-refractivity contribution in [3.63, 3.8) is 0 Å². The van der Waals surface area contributed by atoms with Crippen LogP contribution in [0.5, 0.6) is 5.75 Å². The predicted octanol–water partition coefficient (Wildman–Crippen LogP) is 6.18. The SMILES string of the molecule is COc1ccc(-n2nc3cc(C)c(NC(=S)NC(=O)C=Cc4ccc(-c5ccc(Cl)cc5)o4)cc3n2)cc1. The van der Waals surface area contributed by atoms with Gasteiger partial charge >= 0.3 is 0 Å². The number of nitrogens with zero attached hydrogens (tertiary/aromatic N) is 3. The second-order valence-corrected chi connectivity index (χ2v) is 9.17. The summed E-state index contributed by atoms with van der Waals surface area (Å²) in [5.74, 6) is 1.57. The zero-order valence-corrected chi connectivity index (χ0v) is 22.0. The van der Waals surface area contributed by atoms with E-state index < -0.39 is 5.91 Å². The Morgan fingerprint density at radius 2 is 1.74 bits per heavy atom. The predicted molar refractivity (Wildman–Crippen MR) is 153 cm³/mol. The molecular formula is C28H22ClN5O3S. The van der Waals surface area contributed by atoms with E-state index in [-0.39, 0.29) is 5.11 Å². The second-order valence-electron chi connectivity index (χ2n) is 8.33. The summed E-state index contributed by atoms with van der Waals surface area (Å²) in [5.41, 5.74) is 4.72. The number of rotatable bonds is 6. The molecule has 2 aromatic heterocycles. The van der Waals surface area contributed by atoms with Crippen molar-refractivity contribution in [3.8, 4) is 22.8 Å². The number of fused-ring (bicyclic) bond motifs is 1. The summed E-state index contributed by atoms with van der Waals surface area (Å²) in [5, 5.41) is 15.6. The van der Waals surface area contributed by atoms with Crippen molar-refractivity contribution in [1.29, 1.82) is 0 Å². The lowest BCUT2D eigenvalue weighted by molar-refractivity contribution is -0.115. The van der Waals surface area contributed by atoms with Crippen LogP contribution in [0.15, 0.2) is 83.3 Å². The molecule has 0 fully saturated rings. The van der Waals surface area contributed by atoms with E-state index >= 15 is 0 Å². The number of benzene rings is 3. The Labute approximate surface area is 228 Å². The number of aryl methyl sites for hydroxylation is 1. The molecule has 0 aliphatic rings. The molecule has 5 rings (SSSR count). The van der Waals surface area contributed by atoms with Gasteiger partial charge < -0.3 is 14.5 Å². The Balaban J connectivity index is 1.22. The van der Waals surface area contributed by atoms with Crippen LogP contribution in [-0.4, -0.2) is 33.1 Å². The highest BCUT2D eigenvalue weighted by Crippen LogP contribution is 2.25. The molecule has 0 bridgehead atoms. The number of furan rings is 1. The van der Waals surface area contributed by atoms with E-state index in [9.17, 15) is 4.79 Å². The van der Waals surface area contributed by atoms with Crippen molar-refractivity contribution in [3.05, 3.63) is 95.2 Å². The van der Waals surface area contributed by atoms with Gasteiger partial charge in [-0.05, 0) is 104 Å². The summed E-state index contributed by atoms with van der Waals surface area (Å²) < 4.78 is 11.0. The molecule has 38 heavy (non-hydrogen) atoms. The third-order valence-corrected chi connectivity index (χ3v) is 6.13. The summed E-state index contributed by atoms with van der Waals surface area (Å²) in [6.45, 7) is 1.92. The molecule has 1 amide bonds. The first kappa shape index (κ1) is 25.2. The summed E-state index contributed by atoms with van der Waals surface area (Å²) in [6, 6.07) is 22.1. The van der Waals surface area contributed by atoms with Crippen LogP contribution >= 0.6 is 23.8 Å². The third-order valence-electron chi connectivity index (χ3n) is 5.67. The Morgan fingerprint density at radius 3 is 2.45 bits per heavy atom. The van der Waals surface area contributed by atoms with Crippen LogP contribution in [0.4, 0.5) is 5.69 Å². The summed E-state index contributed by atoms with van der Waals surface area (Å²) >= 11 is 11.3. The molecule has 0 unspecified atom stereocenters. The molecule has 2 N–H and O–H groups in total. The lowest BCUT2D eigenvalue weighted by Crippen LogP contribution is -2.33. The average Bonchev–Trinajstić information content (AvgIpc) is 3.55. The number of halogens is 1. The minimum Gasteiger partial charge on any atom is -0.497 e. The van der Waals surface area contributed by atoms with Gasteiger partial charge in [0.1, 0.15) is 28.3 Å². The number of thiocarbonyl (C=S) groups is 1. The first-order chi connectivity index (χ1) is 18.4. The first-order valence-electron chi connectivity index (χ1n) is 11.6. The molecule has 3 aromatic carbocycles. The van der Waals surface area contributed by atoms with Crippen molar-refractivity contribution >= 4 is 57.6 Å².